The molecular weight excluding hydrogens is 333 g/mol. The SMILES string of the molecule is Cc1ccc(NC(=O)c2cccc(OC(F)F)c2)cc1C(F)(F)F. The van der Waals surface area contributed by atoms with Crippen LogP contribution < -0.4 is 10.1 Å². The van der Waals surface area contributed by atoms with E-state index >= 15 is 0 Å². The Labute approximate surface area is 134 Å². The zero-order valence-electron chi connectivity index (χ0n) is 12.3. The Bertz CT molecular complexity index is 743. The van der Waals surface area contributed by atoms with Gasteiger partial charge in [-0.1, -0.05) is 12.1 Å². The van der Waals surface area contributed by atoms with Crippen molar-refractivity contribution in [2.24, 2.45) is 0 Å². The van der Waals surface area contributed by atoms with Crippen molar-refractivity contribution in [1.82, 2.24) is 0 Å². The molecule has 0 unspecified atom stereocenters. The average Bonchev–Trinajstić information content (AvgIpc) is 2.47. The van der Waals surface area contributed by atoms with Crippen molar-refractivity contribution in [1.29, 1.82) is 0 Å². The van der Waals surface area contributed by atoms with E-state index in [0.717, 1.165) is 12.1 Å². The molecule has 2 rings (SSSR count). The number of alkyl halides is 5. The predicted octanol–water partition coefficient (Wildman–Crippen LogP) is 4.87. The second kappa shape index (κ2) is 6.86. The van der Waals surface area contributed by atoms with Gasteiger partial charge in [0.1, 0.15) is 5.75 Å². The Morgan fingerprint density at radius 3 is 2.46 bits per heavy atom. The topological polar surface area (TPSA) is 38.3 Å². The van der Waals surface area contributed by atoms with Crippen molar-refractivity contribution in [3.8, 4) is 5.75 Å². The number of hydrogen-bond donors (Lipinski definition) is 1. The second-order valence-corrected chi connectivity index (χ2v) is 4.89. The number of benzene rings is 2. The third-order valence-corrected chi connectivity index (χ3v) is 3.12. The average molecular weight is 345 g/mol. The molecule has 128 valence electrons. The van der Waals surface area contributed by atoms with Gasteiger partial charge in [-0.15, -0.1) is 0 Å². The van der Waals surface area contributed by atoms with Crippen LogP contribution in [0.2, 0.25) is 0 Å². The lowest BCUT2D eigenvalue weighted by atomic mass is 10.1. The summed E-state index contributed by atoms with van der Waals surface area (Å²) in [5.41, 5.74) is -0.927. The number of rotatable bonds is 4. The molecule has 0 aliphatic carbocycles. The van der Waals surface area contributed by atoms with Gasteiger partial charge in [-0.2, -0.15) is 22.0 Å². The van der Waals surface area contributed by atoms with Crippen LogP contribution in [0.15, 0.2) is 42.5 Å². The number of carbonyl (C=O) groups excluding carboxylic acids is 1. The van der Waals surface area contributed by atoms with Gasteiger partial charge in [0.25, 0.3) is 5.91 Å². The molecular formula is C16H12F5NO2. The lowest BCUT2D eigenvalue weighted by molar-refractivity contribution is -0.138. The summed E-state index contributed by atoms with van der Waals surface area (Å²) < 4.78 is 67.1. The van der Waals surface area contributed by atoms with E-state index in [1.165, 1.54) is 37.3 Å². The molecule has 1 amide bonds. The monoisotopic (exact) mass is 345 g/mol. The summed E-state index contributed by atoms with van der Waals surface area (Å²) >= 11 is 0. The molecule has 24 heavy (non-hydrogen) atoms. The Morgan fingerprint density at radius 1 is 1.12 bits per heavy atom. The molecule has 2 aromatic rings. The maximum Gasteiger partial charge on any atom is 0.416 e. The van der Waals surface area contributed by atoms with Crippen molar-refractivity contribution in [2.75, 3.05) is 5.32 Å². The minimum absolute atomic E-state index is 0.0211. The summed E-state index contributed by atoms with van der Waals surface area (Å²) in [5, 5.41) is 2.30. The van der Waals surface area contributed by atoms with Crippen molar-refractivity contribution in [2.45, 2.75) is 19.7 Å². The number of aryl methyl sites for hydroxylation is 1. The Kier molecular flexibility index (Phi) is 5.06. The number of ether oxygens (including phenoxy) is 1. The molecule has 0 fully saturated rings. The van der Waals surface area contributed by atoms with Crippen LogP contribution in [0.5, 0.6) is 5.75 Å². The van der Waals surface area contributed by atoms with Gasteiger partial charge in [0.05, 0.1) is 5.56 Å². The first kappa shape index (κ1) is 17.7. The van der Waals surface area contributed by atoms with Crippen LogP contribution in [0.3, 0.4) is 0 Å². The van der Waals surface area contributed by atoms with Crippen LogP contribution >= 0.6 is 0 Å². The summed E-state index contributed by atoms with van der Waals surface area (Å²) in [6.45, 7) is -1.74. The highest BCUT2D eigenvalue weighted by Crippen LogP contribution is 2.33. The molecule has 0 aromatic heterocycles. The summed E-state index contributed by atoms with van der Waals surface area (Å²) in [7, 11) is 0. The van der Waals surface area contributed by atoms with E-state index in [9.17, 15) is 26.7 Å². The lowest BCUT2D eigenvalue weighted by Gasteiger charge is -2.13. The first-order valence-electron chi connectivity index (χ1n) is 6.71. The Balaban J connectivity index is 2.21. The van der Waals surface area contributed by atoms with Crippen molar-refractivity contribution in [3.63, 3.8) is 0 Å². The molecule has 8 heteroatoms. The van der Waals surface area contributed by atoms with Crippen LogP contribution in [-0.4, -0.2) is 12.5 Å². The lowest BCUT2D eigenvalue weighted by Crippen LogP contribution is -2.14. The molecule has 0 atom stereocenters. The van der Waals surface area contributed by atoms with E-state index in [-0.39, 0.29) is 22.6 Å². The third-order valence-electron chi connectivity index (χ3n) is 3.12. The van der Waals surface area contributed by atoms with Crippen molar-refractivity contribution in [3.05, 3.63) is 59.2 Å². The minimum atomic E-state index is -4.55. The Morgan fingerprint density at radius 2 is 1.83 bits per heavy atom. The fourth-order valence-corrected chi connectivity index (χ4v) is 2.02. The quantitative estimate of drug-likeness (QED) is 0.803. The number of hydrogen-bond acceptors (Lipinski definition) is 2. The Hall–Kier alpha value is -2.64. The minimum Gasteiger partial charge on any atom is -0.435 e. The van der Waals surface area contributed by atoms with Crippen LogP contribution in [0, 0.1) is 6.92 Å². The molecule has 0 aliphatic rings. The van der Waals surface area contributed by atoms with Crippen LogP contribution in [0.25, 0.3) is 0 Å². The molecule has 0 saturated carbocycles. The molecule has 1 N–H and O–H groups in total. The highest BCUT2D eigenvalue weighted by Gasteiger charge is 2.32. The smallest absolute Gasteiger partial charge is 0.416 e. The van der Waals surface area contributed by atoms with E-state index in [0.29, 0.717) is 0 Å². The largest absolute Gasteiger partial charge is 0.435 e. The van der Waals surface area contributed by atoms with Gasteiger partial charge in [0.2, 0.25) is 0 Å². The number of anilines is 1. The third kappa shape index (κ3) is 4.43. The molecule has 0 radical (unpaired) electrons. The summed E-state index contributed by atoms with van der Waals surface area (Å²) in [6.07, 6.45) is -4.55. The summed E-state index contributed by atoms with van der Waals surface area (Å²) in [6, 6.07) is 8.32. The normalized spacial score (nSPS) is 11.5. The molecule has 0 bridgehead atoms. The fraction of sp³-hybridized carbons (Fsp3) is 0.188. The van der Waals surface area contributed by atoms with Gasteiger partial charge in [-0.3, -0.25) is 4.79 Å². The van der Waals surface area contributed by atoms with Gasteiger partial charge in [0, 0.05) is 11.3 Å². The molecule has 0 heterocycles. The predicted molar refractivity (Wildman–Crippen MR) is 77.2 cm³/mol. The van der Waals surface area contributed by atoms with E-state index in [1.807, 2.05) is 0 Å². The zero-order valence-corrected chi connectivity index (χ0v) is 12.3. The number of halogens is 5. The number of amides is 1. The first-order chi connectivity index (χ1) is 11.2. The fourth-order valence-electron chi connectivity index (χ4n) is 2.02. The summed E-state index contributed by atoms with van der Waals surface area (Å²) in [5.74, 6) is -0.968. The maximum absolute atomic E-state index is 12.9. The first-order valence-corrected chi connectivity index (χ1v) is 6.71. The van der Waals surface area contributed by atoms with Crippen LogP contribution in [-0.2, 0) is 6.18 Å². The van der Waals surface area contributed by atoms with Gasteiger partial charge in [-0.05, 0) is 42.8 Å². The molecule has 0 aliphatic heterocycles. The van der Waals surface area contributed by atoms with E-state index in [4.69, 9.17) is 0 Å². The number of carbonyl (C=O) groups is 1. The van der Waals surface area contributed by atoms with Crippen LogP contribution in [0.1, 0.15) is 21.5 Å². The highest BCUT2D eigenvalue weighted by atomic mass is 19.4. The van der Waals surface area contributed by atoms with Crippen LogP contribution in [0.4, 0.5) is 27.6 Å². The maximum atomic E-state index is 12.9. The summed E-state index contributed by atoms with van der Waals surface area (Å²) in [4.78, 5) is 12.1. The van der Waals surface area contributed by atoms with Gasteiger partial charge >= 0.3 is 12.8 Å². The molecule has 3 nitrogen and oxygen atoms in total. The molecule has 0 saturated heterocycles. The second-order valence-electron chi connectivity index (χ2n) is 4.89. The standard InChI is InChI=1S/C16H12F5NO2/c1-9-5-6-11(8-13(9)16(19,20)21)22-14(23)10-3-2-4-12(7-10)24-15(17)18/h2-8,15H,1H3,(H,22,23). The van der Waals surface area contributed by atoms with E-state index < -0.39 is 24.3 Å². The molecule has 2 aromatic carbocycles. The van der Waals surface area contributed by atoms with Gasteiger partial charge in [-0.25, -0.2) is 0 Å². The molecule has 0 spiro atoms. The number of nitrogens with one attached hydrogen (secondary N) is 1. The van der Waals surface area contributed by atoms with Gasteiger partial charge < -0.3 is 10.1 Å². The van der Waals surface area contributed by atoms with E-state index in [1.54, 1.807) is 0 Å². The van der Waals surface area contributed by atoms with Crippen molar-refractivity contribution >= 4 is 11.6 Å². The van der Waals surface area contributed by atoms with Crippen molar-refractivity contribution < 1.29 is 31.5 Å². The highest BCUT2D eigenvalue weighted by molar-refractivity contribution is 6.04. The van der Waals surface area contributed by atoms with Gasteiger partial charge in [0.15, 0.2) is 0 Å². The zero-order chi connectivity index (χ0) is 17.9. The van der Waals surface area contributed by atoms with E-state index in [2.05, 4.69) is 10.1 Å².